The van der Waals surface area contributed by atoms with E-state index in [1.165, 1.54) is 76.2 Å². The minimum atomic E-state index is -1.83. The SMILES string of the molecule is CC(C(O)CO)C(C)(O)C(C)(O)CC(=N)[O-].CC(C(O)CO)C(C)(O)C(C)(O)CC[NH-].CC1OC(CO)C(C)(O)C(C)(O)C1(C)O.CC1OC(CO)C(C)(O)C(C)(O)C1(C)O.O.O. The average molecular weight is 931 g/mol. The van der Waals surface area contributed by atoms with Crippen LogP contribution in [0.2, 0.25) is 0 Å². The summed E-state index contributed by atoms with van der Waals surface area (Å²) in [5.74, 6) is -2.52. The Morgan fingerprint density at radius 2 is 0.889 bits per heavy atom. The number of rotatable bonds is 14. The maximum Gasteiger partial charge on any atom is 0.124 e. The number of hydrogen-bond acceptors (Lipinski definition) is 20. The highest BCUT2D eigenvalue weighted by atomic mass is 16.6. The molecule has 0 aromatic heterocycles. The van der Waals surface area contributed by atoms with Gasteiger partial charge in [-0.05, 0) is 95.4 Å². The second-order valence-electron chi connectivity index (χ2n) is 18.7. The molecular formula is C40H86N2O21-2. The molecule has 2 aliphatic rings. The van der Waals surface area contributed by atoms with Gasteiger partial charge in [-0.15, -0.1) is 6.54 Å². The molecule has 18 unspecified atom stereocenters. The first kappa shape index (κ1) is 68.2. The van der Waals surface area contributed by atoms with Crippen molar-refractivity contribution in [2.75, 3.05) is 33.0 Å². The molecule has 0 bridgehead atoms. The van der Waals surface area contributed by atoms with Crippen molar-refractivity contribution in [3.8, 4) is 0 Å². The molecule has 2 fully saturated rings. The fourth-order valence-electron chi connectivity index (χ4n) is 6.94. The largest absolute Gasteiger partial charge is 0.862 e. The highest BCUT2D eigenvalue weighted by Crippen LogP contribution is 2.45. The molecule has 0 aromatic rings. The van der Waals surface area contributed by atoms with Gasteiger partial charge in [-0.2, -0.15) is 0 Å². The number of aliphatic hydroxyl groups is 16. The van der Waals surface area contributed by atoms with E-state index in [9.17, 15) is 66.4 Å². The normalized spacial score (nSPS) is 38.6. The van der Waals surface area contributed by atoms with E-state index in [4.69, 9.17) is 41.0 Å². The molecule has 0 spiro atoms. The van der Waals surface area contributed by atoms with Crippen LogP contribution in [0, 0.1) is 17.2 Å². The molecule has 63 heavy (non-hydrogen) atoms. The van der Waals surface area contributed by atoms with Crippen LogP contribution in [-0.2, 0) is 9.47 Å². The molecular weight excluding hydrogens is 844 g/mol. The first-order valence-electron chi connectivity index (χ1n) is 20.2. The third-order valence-electron chi connectivity index (χ3n) is 14.4. The Morgan fingerprint density at radius 1 is 0.619 bits per heavy atom. The molecule has 2 aliphatic heterocycles. The molecule has 0 radical (unpaired) electrons. The van der Waals surface area contributed by atoms with Crippen molar-refractivity contribution in [1.29, 1.82) is 5.41 Å². The van der Waals surface area contributed by atoms with Crippen LogP contribution in [0.1, 0.15) is 110 Å². The Bertz CT molecular complexity index is 1290. The molecule has 0 saturated carbocycles. The zero-order chi connectivity index (χ0) is 49.6. The first-order chi connectivity index (χ1) is 26.9. The van der Waals surface area contributed by atoms with Gasteiger partial charge < -0.3 is 118 Å². The Hall–Kier alpha value is -1.37. The van der Waals surface area contributed by atoms with Gasteiger partial charge in [-0.3, -0.25) is 0 Å². The lowest BCUT2D eigenvalue weighted by molar-refractivity contribution is -0.340. The first-order valence-corrected chi connectivity index (χ1v) is 20.2. The van der Waals surface area contributed by atoms with E-state index in [-0.39, 0.29) is 23.9 Å². The third-order valence-corrected chi connectivity index (χ3v) is 14.4. The van der Waals surface area contributed by atoms with Crippen LogP contribution in [0.3, 0.4) is 0 Å². The van der Waals surface area contributed by atoms with Gasteiger partial charge in [-0.25, -0.2) is 0 Å². The van der Waals surface area contributed by atoms with Crippen molar-refractivity contribution >= 4 is 5.90 Å². The van der Waals surface area contributed by atoms with Gasteiger partial charge in [0.2, 0.25) is 0 Å². The molecule has 384 valence electrons. The predicted octanol–water partition coefficient (Wildman–Crippen LogP) is -5.49. The van der Waals surface area contributed by atoms with Crippen LogP contribution in [-0.4, -0.2) is 224 Å². The predicted molar refractivity (Wildman–Crippen MR) is 227 cm³/mol. The van der Waals surface area contributed by atoms with Gasteiger partial charge in [-0.1, -0.05) is 13.8 Å². The highest BCUT2D eigenvalue weighted by molar-refractivity contribution is 5.69. The van der Waals surface area contributed by atoms with Gasteiger partial charge in [0, 0.05) is 18.3 Å². The van der Waals surface area contributed by atoms with Crippen LogP contribution < -0.4 is 5.11 Å². The summed E-state index contributed by atoms with van der Waals surface area (Å²) < 4.78 is 10.6. The van der Waals surface area contributed by atoms with Crippen LogP contribution in [0.5, 0.6) is 0 Å². The third kappa shape index (κ3) is 14.1. The summed E-state index contributed by atoms with van der Waals surface area (Å²) in [5.41, 5.74) is -9.67. The van der Waals surface area contributed by atoms with Crippen LogP contribution in [0.4, 0.5) is 0 Å². The molecule has 2 heterocycles. The van der Waals surface area contributed by atoms with Crippen molar-refractivity contribution in [3.63, 3.8) is 0 Å². The monoisotopic (exact) mass is 931 g/mol. The lowest BCUT2D eigenvalue weighted by Crippen LogP contribution is -2.76. The fraction of sp³-hybridized carbons (Fsp3) is 0.975. The lowest BCUT2D eigenvalue weighted by atomic mass is 9.67. The second kappa shape index (κ2) is 24.1. The maximum absolute atomic E-state index is 10.7. The smallest absolute Gasteiger partial charge is 0.124 e. The quantitative estimate of drug-likeness (QED) is 0.0571. The summed E-state index contributed by atoms with van der Waals surface area (Å²) >= 11 is 0. The standard InChI is InChI=1S/C10H21NO5.C10H22NO4.2C10H20O5.2H2O/c1-6(7(13)5-12)10(3,16)9(2,15)4-8(11)14;1-7(8(13)6-12)10(3,15)9(2,14)4-5-11;2*1-6-8(2,12)10(4,14)9(3,13)7(5-11)15-6;;/h6-7,12-13,15-16H,4-5H2,1-3H3,(H2,11,14);7-8,11-15H,4-6H2,1-3H3;2*6-7,11-14H,5H2,1-4H3;2*1H2/q;-1;;;;/p-1. The summed E-state index contributed by atoms with van der Waals surface area (Å²) in [6.07, 6.45) is -5.90. The molecule has 0 amide bonds. The van der Waals surface area contributed by atoms with Gasteiger partial charge in [0.25, 0.3) is 0 Å². The fourth-order valence-corrected chi connectivity index (χ4v) is 6.94. The Kier molecular flexibility index (Phi) is 26.1. The van der Waals surface area contributed by atoms with E-state index in [1.54, 1.807) is 20.8 Å². The summed E-state index contributed by atoms with van der Waals surface area (Å²) in [4.78, 5) is 0. The van der Waals surface area contributed by atoms with E-state index < -0.39 is 143 Å². The van der Waals surface area contributed by atoms with Crippen molar-refractivity contribution in [3.05, 3.63) is 5.73 Å². The van der Waals surface area contributed by atoms with E-state index in [0.717, 1.165) is 0 Å². The summed E-state index contributed by atoms with van der Waals surface area (Å²) in [7, 11) is 0. The molecule has 0 aliphatic carbocycles. The number of aliphatic hydroxyl groups excluding tert-OH is 6. The molecule has 2 saturated heterocycles. The van der Waals surface area contributed by atoms with E-state index in [2.05, 4.69) is 0 Å². The highest BCUT2D eigenvalue weighted by Gasteiger charge is 2.65. The number of nitrogens with one attached hydrogen (secondary N) is 2. The zero-order valence-electron chi connectivity index (χ0n) is 39.4. The van der Waals surface area contributed by atoms with Crippen LogP contribution in [0.25, 0.3) is 5.73 Å². The van der Waals surface area contributed by atoms with Crippen molar-refractivity contribution in [2.24, 2.45) is 11.8 Å². The minimum absolute atomic E-state index is 0. The second-order valence-corrected chi connectivity index (χ2v) is 18.7. The molecule has 23 heteroatoms. The van der Waals surface area contributed by atoms with Crippen molar-refractivity contribution in [1.82, 2.24) is 0 Å². The molecule has 23 nitrogen and oxygen atoms in total. The molecule has 0 aromatic carbocycles. The number of hydrogen-bond donors (Lipinski definition) is 17. The van der Waals surface area contributed by atoms with Gasteiger partial charge in [0.15, 0.2) is 0 Å². The Balaban J connectivity index is -0.000000365. The number of ether oxygens (including phenoxy) is 2. The van der Waals surface area contributed by atoms with Gasteiger partial charge >= 0.3 is 0 Å². The van der Waals surface area contributed by atoms with Crippen molar-refractivity contribution < 1.29 is 107 Å². The summed E-state index contributed by atoms with van der Waals surface area (Å²) in [5, 5.41) is 173. The summed E-state index contributed by atoms with van der Waals surface area (Å²) in [6, 6.07) is 0. The topological polar surface area (TPSA) is 476 Å². The van der Waals surface area contributed by atoms with E-state index >= 15 is 0 Å². The van der Waals surface area contributed by atoms with E-state index in [0.29, 0.717) is 0 Å². The summed E-state index contributed by atoms with van der Waals surface area (Å²) in [6.45, 7) is 17.8. The average Bonchev–Trinajstić information content (AvgIpc) is 3.12. The molecule has 18 atom stereocenters. The Morgan fingerprint density at radius 3 is 1.11 bits per heavy atom. The lowest BCUT2D eigenvalue weighted by Gasteiger charge is -2.57. The Labute approximate surface area is 371 Å². The van der Waals surface area contributed by atoms with Gasteiger partial charge in [0.1, 0.15) is 45.8 Å². The minimum Gasteiger partial charge on any atom is -0.862 e. The van der Waals surface area contributed by atoms with Crippen LogP contribution >= 0.6 is 0 Å². The van der Waals surface area contributed by atoms with Crippen molar-refractivity contribution in [2.45, 2.75) is 202 Å². The maximum atomic E-state index is 10.7. The molecule has 22 N–H and O–H groups in total. The van der Waals surface area contributed by atoms with E-state index in [1.807, 2.05) is 0 Å². The van der Waals surface area contributed by atoms with Gasteiger partial charge in [0.05, 0.1) is 73.2 Å². The van der Waals surface area contributed by atoms with Crippen LogP contribution in [0.15, 0.2) is 0 Å². The molecule has 2 rings (SSSR count). The zero-order valence-corrected chi connectivity index (χ0v) is 39.4.